The highest BCUT2D eigenvalue weighted by atomic mass is 32.1. The maximum atomic E-state index is 15.0. The van der Waals surface area contributed by atoms with Crippen molar-refractivity contribution in [3.63, 3.8) is 0 Å². The fraction of sp³-hybridized carbons (Fsp3) is 0. The summed E-state index contributed by atoms with van der Waals surface area (Å²) in [6.07, 6.45) is 0. The van der Waals surface area contributed by atoms with E-state index in [1.165, 1.54) is 11.7 Å². The number of pyridine rings is 1. The van der Waals surface area contributed by atoms with Crippen molar-refractivity contribution in [2.24, 2.45) is 0 Å². The molecule has 8 aromatic carbocycles. The van der Waals surface area contributed by atoms with Gasteiger partial charge in [0.2, 0.25) is 0 Å². The summed E-state index contributed by atoms with van der Waals surface area (Å²) in [6, 6.07) is 66.4. The number of hydrogen-bond acceptors (Lipinski definition) is 8. The average molecular weight is 821 g/mol. The van der Waals surface area contributed by atoms with Crippen molar-refractivity contribution in [1.82, 2.24) is 28.7 Å². The van der Waals surface area contributed by atoms with Gasteiger partial charge in [-0.1, -0.05) is 182 Å². The molecule has 0 atom stereocenters. The molecule has 288 valence electrons. The largest absolute Gasteiger partial charge is 0.309 e. The van der Waals surface area contributed by atoms with Crippen molar-refractivity contribution in [2.75, 3.05) is 0 Å². The zero-order valence-electron chi connectivity index (χ0n) is 32.5. The molecule has 3 heterocycles. The monoisotopic (exact) mass is 820 g/mol. The number of fused-ring (bicyclic) bond motifs is 5. The minimum absolute atomic E-state index is 0.533. The molecular weight excluding hydrogens is 788 g/mol. The molecule has 0 spiro atoms. The second-order valence-electron chi connectivity index (χ2n) is 14.8. The van der Waals surface area contributed by atoms with E-state index in [1.807, 2.05) is 133 Å². The Morgan fingerprint density at radius 1 is 0.344 bits per heavy atom. The lowest BCUT2D eigenvalue weighted by atomic mass is 9.97. The Balaban J connectivity index is 0.932. The van der Waals surface area contributed by atoms with E-state index < -0.39 is 7.14 Å². The van der Waals surface area contributed by atoms with Crippen LogP contribution in [-0.4, -0.2) is 28.7 Å². The number of aromatic nitrogens is 6. The van der Waals surface area contributed by atoms with Crippen LogP contribution in [0.15, 0.2) is 200 Å². The lowest BCUT2D eigenvalue weighted by molar-refractivity contribution is 0.592. The van der Waals surface area contributed by atoms with Crippen molar-refractivity contribution in [2.45, 2.75) is 0 Å². The summed E-state index contributed by atoms with van der Waals surface area (Å²) in [5.41, 5.74) is 9.38. The molecule has 11 aromatic rings. The highest BCUT2D eigenvalue weighted by Crippen LogP contribution is 2.43. The first kappa shape index (κ1) is 36.6. The molecule has 11 rings (SSSR count). The maximum absolute atomic E-state index is 15.0. The van der Waals surface area contributed by atoms with E-state index >= 15 is 4.57 Å². The van der Waals surface area contributed by atoms with E-state index in [0.29, 0.717) is 17.5 Å². The Kier molecular flexibility index (Phi) is 9.15. The molecule has 61 heavy (non-hydrogen) atoms. The van der Waals surface area contributed by atoms with Gasteiger partial charge in [0.05, 0.1) is 22.9 Å². The standard InChI is InChI=1S/C52H33N6OPS/c59-60(40-14-6-2-7-15-40,41-16-8-3-9-17-41)42-30-28-39(29-31-42)52-55-50(37-12-4-1-5-13-37)54-51(56-52)38-26-22-35(23-27-38)34-20-24-36(25-21-34)48-44-32-33-46-49(58-61-57-46)47(44)43-18-10-11-19-45(43)53-48/h1-33H. The number of benzene rings is 8. The summed E-state index contributed by atoms with van der Waals surface area (Å²) >= 11 is 1.24. The highest BCUT2D eigenvalue weighted by Gasteiger charge is 2.29. The quantitative estimate of drug-likeness (QED) is 0.111. The van der Waals surface area contributed by atoms with Crippen molar-refractivity contribution in [3.8, 4) is 56.5 Å². The lowest BCUT2D eigenvalue weighted by Gasteiger charge is -2.20. The van der Waals surface area contributed by atoms with Crippen LogP contribution in [0.1, 0.15) is 0 Å². The Hall–Kier alpha value is -7.51. The number of nitrogens with zero attached hydrogens (tertiary/aromatic N) is 6. The summed E-state index contributed by atoms with van der Waals surface area (Å²) < 4.78 is 24.2. The molecule has 0 aliphatic heterocycles. The molecule has 0 bridgehead atoms. The van der Waals surface area contributed by atoms with Crippen LogP contribution in [0.2, 0.25) is 0 Å². The van der Waals surface area contributed by atoms with Gasteiger partial charge < -0.3 is 4.57 Å². The van der Waals surface area contributed by atoms with Crippen LogP contribution in [0.4, 0.5) is 0 Å². The zero-order chi connectivity index (χ0) is 40.8. The van der Waals surface area contributed by atoms with E-state index in [1.54, 1.807) is 0 Å². The van der Waals surface area contributed by atoms with Gasteiger partial charge in [0.1, 0.15) is 11.0 Å². The molecule has 9 heteroatoms. The number of rotatable bonds is 8. The first-order chi connectivity index (χ1) is 30.1. The SMILES string of the molecule is O=P(c1ccccc1)(c1ccccc1)c1ccc(-c2nc(-c3ccccc3)nc(-c3ccc(-c4ccc(-c5nc6ccccc6c6c5ccc5nsnc56)cc4)cc3)n2)cc1. The van der Waals surface area contributed by atoms with E-state index in [2.05, 4.69) is 75.5 Å². The van der Waals surface area contributed by atoms with Gasteiger partial charge in [0.25, 0.3) is 0 Å². The number of para-hydroxylation sites is 1. The Bertz CT molecular complexity index is 3380. The molecule has 0 aliphatic carbocycles. The van der Waals surface area contributed by atoms with Gasteiger partial charge in [-0.05, 0) is 29.3 Å². The summed E-state index contributed by atoms with van der Waals surface area (Å²) in [4.78, 5) is 20.1. The van der Waals surface area contributed by atoms with Gasteiger partial charge in [-0.15, -0.1) is 0 Å². The molecule has 0 unspecified atom stereocenters. The Morgan fingerprint density at radius 2 is 0.803 bits per heavy atom. The first-order valence-electron chi connectivity index (χ1n) is 19.9. The molecule has 0 amide bonds. The summed E-state index contributed by atoms with van der Waals surface area (Å²) in [6.45, 7) is 0. The summed E-state index contributed by atoms with van der Waals surface area (Å²) in [5, 5.41) is 5.52. The molecule has 0 saturated heterocycles. The molecule has 7 nitrogen and oxygen atoms in total. The first-order valence-corrected chi connectivity index (χ1v) is 22.3. The van der Waals surface area contributed by atoms with Gasteiger partial charge in [-0.3, -0.25) is 0 Å². The van der Waals surface area contributed by atoms with Crippen LogP contribution >= 0.6 is 18.9 Å². The molecule has 3 aromatic heterocycles. The second kappa shape index (κ2) is 15.3. The van der Waals surface area contributed by atoms with E-state index in [4.69, 9.17) is 19.9 Å². The van der Waals surface area contributed by atoms with Gasteiger partial charge >= 0.3 is 0 Å². The summed E-state index contributed by atoms with van der Waals surface area (Å²) in [5.74, 6) is 1.67. The minimum atomic E-state index is -3.14. The van der Waals surface area contributed by atoms with E-state index in [9.17, 15) is 0 Å². The third-order valence-electron chi connectivity index (χ3n) is 11.1. The normalized spacial score (nSPS) is 11.7. The molecule has 0 fully saturated rings. The third kappa shape index (κ3) is 6.59. The molecule has 0 saturated carbocycles. The van der Waals surface area contributed by atoms with Crippen molar-refractivity contribution in [3.05, 3.63) is 200 Å². The molecule has 0 aliphatic rings. The highest BCUT2D eigenvalue weighted by molar-refractivity contribution is 7.85. The van der Waals surface area contributed by atoms with Crippen LogP contribution in [0.25, 0.3) is 89.3 Å². The van der Waals surface area contributed by atoms with Gasteiger partial charge in [0.15, 0.2) is 24.6 Å². The van der Waals surface area contributed by atoms with Crippen molar-refractivity contribution >= 4 is 67.5 Å². The predicted molar refractivity (Wildman–Crippen MR) is 250 cm³/mol. The molecular formula is C52H33N6OPS. The smallest absolute Gasteiger partial charge is 0.171 e. The van der Waals surface area contributed by atoms with Gasteiger partial charge in [-0.2, -0.15) is 8.75 Å². The zero-order valence-corrected chi connectivity index (χ0v) is 34.2. The molecule has 0 N–H and O–H groups in total. The average Bonchev–Trinajstić information content (AvgIpc) is 3.84. The number of hydrogen-bond donors (Lipinski definition) is 0. The summed E-state index contributed by atoms with van der Waals surface area (Å²) in [7, 11) is -3.14. The van der Waals surface area contributed by atoms with Crippen LogP contribution in [-0.2, 0) is 4.57 Å². The predicted octanol–water partition coefficient (Wildman–Crippen LogP) is 11.6. The van der Waals surface area contributed by atoms with Crippen LogP contribution in [0.5, 0.6) is 0 Å². The Morgan fingerprint density at radius 3 is 1.39 bits per heavy atom. The fourth-order valence-electron chi connectivity index (χ4n) is 8.03. The van der Waals surface area contributed by atoms with E-state index in [-0.39, 0.29) is 0 Å². The molecule has 0 radical (unpaired) electrons. The third-order valence-corrected chi connectivity index (χ3v) is 14.7. The topological polar surface area (TPSA) is 94.4 Å². The lowest BCUT2D eigenvalue weighted by Crippen LogP contribution is -2.24. The van der Waals surface area contributed by atoms with Crippen LogP contribution < -0.4 is 15.9 Å². The van der Waals surface area contributed by atoms with Crippen molar-refractivity contribution < 1.29 is 4.57 Å². The fourth-order valence-corrected chi connectivity index (χ4v) is 11.2. The van der Waals surface area contributed by atoms with Gasteiger partial charge in [0, 0.05) is 54.3 Å². The van der Waals surface area contributed by atoms with Crippen LogP contribution in [0, 0.1) is 0 Å². The Labute approximate surface area is 355 Å². The van der Waals surface area contributed by atoms with E-state index in [0.717, 1.165) is 87.7 Å². The van der Waals surface area contributed by atoms with Crippen LogP contribution in [0.3, 0.4) is 0 Å². The maximum Gasteiger partial charge on any atom is 0.171 e. The van der Waals surface area contributed by atoms with Gasteiger partial charge in [-0.25, -0.2) is 19.9 Å². The van der Waals surface area contributed by atoms with Crippen molar-refractivity contribution in [1.29, 1.82) is 0 Å². The minimum Gasteiger partial charge on any atom is -0.309 e. The second-order valence-corrected chi connectivity index (χ2v) is 18.0.